The summed E-state index contributed by atoms with van der Waals surface area (Å²) in [6.45, 7) is 2.00. The first-order chi connectivity index (χ1) is 8.89. The molecule has 104 valence electrons. The minimum Gasteiger partial charge on any atom is -0.378 e. The lowest BCUT2D eigenvalue weighted by atomic mass is 9.75. The third-order valence-electron chi connectivity index (χ3n) is 3.86. The average Bonchev–Trinajstić information content (AvgIpc) is 2.29. The second-order valence-electron chi connectivity index (χ2n) is 5.83. The Kier molecular flexibility index (Phi) is 3.80. The van der Waals surface area contributed by atoms with Crippen molar-refractivity contribution < 1.29 is 4.79 Å². The van der Waals surface area contributed by atoms with E-state index >= 15 is 0 Å². The highest BCUT2D eigenvalue weighted by Gasteiger charge is 2.34. The number of hydrogen-bond acceptors (Lipinski definition) is 3. The van der Waals surface area contributed by atoms with Crippen molar-refractivity contribution in [3.8, 4) is 0 Å². The molecule has 1 aromatic carbocycles. The second-order valence-corrected chi connectivity index (χ2v) is 5.83. The summed E-state index contributed by atoms with van der Waals surface area (Å²) in [5, 5.41) is 2.96. The molecule has 4 heteroatoms. The lowest BCUT2D eigenvalue weighted by Gasteiger charge is -2.37. The number of benzene rings is 1. The summed E-state index contributed by atoms with van der Waals surface area (Å²) in [6, 6.07) is 6.02. The Hall–Kier alpha value is -1.55. The number of carbonyl (C=O) groups is 1. The van der Waals surface area contributed by atoms with Gasteiger partial charge in [-0.2, -0.15) is 0 Å². The number of nitrogens with one attached hydrogen (secondary N) is 1. The van der Waals surface area contributed by atoms with Crippen LogP contribution in [-0.4, -0.2) is 25.5 Å². The van der Waals surface area contributed by atoms with Gasteiger partial charge in [-0.15, -0.1) is 0 Å². The molecule has 19 heavy (non-hydrogen) atoms. The summed E-state index contributed by atoms with van der Waals surface area (Å²) >= 11 is 0. The fraction of sp³-hybridized carbons (Fsp3) is 0.533. The van der Waals surface area contributed by atoms with E-state index in [4.69, 9.17) is 5.73 Å². The molecule has 0 atom stereocenters. The third kappa shape index (κ3) is 3.26. The Morgan fingerprint density at radius 1 is 1.42 bits per heavy atom. The van der Waals surface area contributed by atoms with Crippen LogP contribution in [0.4, 0.5) is 11.4 Å². The van der Waals surface area contributed by atoms with Crippen molar-refractivity contribution >= 4 is 17.3 Å². The van der Waals surface area contributed by atoms with Crippen molar-refractivity contribution in [1.29, 1.82) is 0 Å². The molecule has 0 bridgehead atoms. The zero-order valence-electron chi connectivity index (χ0n) is 12.0. The molecule has 0 aliphatic heterocycles. The Morgan fingerprint density at radius 3 is 2.58 bits per heavy atom. The van der Waals surface area contributed by atoms with Gasteiger partial charge in [0.1, 0.15) is 0 Å². The van der Waals surface area contributed by atoms with E-state index in [1.54, 1.807) is 0 Å². The van der Waals surface area contributed by atoms with E-state index in [2.05, 4.69) is 11.4 Å². The van der Waals surface area contributed by atoms with Crippen molar-refractivity contribution in [3.05, 3.63) is 23.8 Å². The Morgan fingerprint density at radius 2 is 2.11 bits per heavy atom. The van der Waals surface area contributed by atoms with E-state index < -0.39 is 0 Å². The topological polar surface area (TPSA) is 58.4 Å². The van der Waals surface area contributed by atoms with E-state index in [9.17, 15) is 4.79 Å². The highest BCUT2D eigenvalue weighted by molar-refractivity contribution is 5.92. The molecular weight excluding hydrogens is 238 g/mol. The monoisotopic (exact) mass is 261 g/mol. The van der Waals surface area contributed by atoms with Crippen LogP contribution in [0.1, 0.15) is 31.2 Å². The Bertz CT molecular complexity index is 478. The first-order valence-corrected chi connectivity index (χ1v) is 6.76. The molecule has 0 spiro atoms. The minimum absolute atomic E-state index is 0.0166. The Labute approximate surface area is 115 Å². The molecule has 1 aliphatic carbocycles. The van der Waals surface area contributed by atoms with Gasteiger partial charge >= 0.3 is 0 Å². The molecule has 1 saturated carbocycles. The normalized spacial score (nSPS) is 16.6. The number of amides is 1. The van der Waals surface area contributed by atoms with Crippen LogP contribution < -0.4 is 16.0 Å². The number of carbonyl (C=O) groups excluding carboxylic acids is 1. The maximum Gasteiger partial charge on any atom is 0.226 e. The smallest absolute Gasteiger partial charge is 0.226 e. The molecule has 0 saturated heterocycles. The zero-order valence-corrected chi connectivity index (χ0v) is 12.0. The number of hydrogen-bond donors (Lipinski definition) is 2. The third-order valence-corrected chi connectivity index (χ3v) is 3.86. The summed E-state index contributed by atoms with van der Waals surface area (Å²) in [4.78, 5) is 14.0. The van der Waals surface area contributed by atoms with E-state index in [0.29, 0.717) is 6.42 Å². The molecule has 0 heterocycles. The molecule has 1 aliphatic rings. The quantitative estimate of drug-likeness (QED) is 0.874. The predicted molar refractivity (Wildman–Crippen MR) is 79.5 cm³/mol. The highest BCUT2D eigenvalue weighted by atomic mass is 16.1. The Balaban J connectivity index is 2.00. The van der Waals surface area contributed by atoms with E-state index in [1.165, 1.54) is 0 Å². The van der Waals surface area contributed by atoms with Crippen LogP contribution in [0.25, 0.3) is 0 Å². The maximum atomic E-state index is 12.0. The molecule has 0 radical (unpaired) electrons. The largest absolute Gasteiger partial charge is 0.378 e. The maximum absolute atomic E-state index is 12.0. The van der Waals surface area contributed by atoms with Crippen molar-refractivity contribution in [1.82, 2.24) is 0 Å². The zero-order chi connectivity index (χ0) is 14.0. The summed E-state index contributed by atoms with van der Waals surface area (Å²) in [7, 11) is 4.00. The van der Waals surface area contributed by atoms with E-state index in [0.717, 1.165) is 36.2 Å². The molecule has 0 aromatic heterocycles. The van der Waals surface area contributed by atoms with Crippen molar-refractivity contribution in [2.75, 3.05) is 24.3 Å². The van der Waals surface area contributed by atoms with E-state index in [1.807, 2.05) is 38.1 Å². The standard InChI is InChI=1S/C15H23N3O/c1-11-9-12(18(2)3)5-6-13(11)17-14(19)10-15(16)7-4-8-15/h5-6,9H,4,7-8,10,16H2,1-3H3,(H,17,19). The lowest BCUT2D eigenvalue weighted by molar-refractivity contribution is -0.118. The summed E-state index contributed by atoms with van der Waals surface area (Å²) in [5.41, 5.74) is 8.90. The van der Waals surface area contributed by atoms with Crippen LogP contribution >= 0.6 is 0 Å². The van der Waals surface area contributed by atoms with Crippen LogP contribution in [-0.2, 0) is 4.79 Å². The lowest BCUT2D eigenvalue weighted by Crippen LogP contribution is -2.48. The molecule has 2 rings (SSSR count). The summed E-state index contributed by atoms with van der Waals surface area (Å²) in [5.74, 6) is 0.0166. The van der Waals surface area contributed by atoms with Gasteiger partial charge in [-0.3, -0.25) is 4.79 Å². The molecule has 4 nitrogen and oxygen atoms in total. The second kappa shape index (κ2) is 5.21. The predicted octanol–water partition coefficient (Wildman–Crippen LogP) is 2.27. The van der Waals surface area contributed by atoms with E-state index in [-0.39, 0.29) is 11.4 Å². The summed E-state index contributed by atoms with van der Waals surface area (Å²) < 4.78 is 0. The molecule has 0 unspecified atom stereocenters. The van der Waals surface area contributed by atoms with Crippen LogP contribution in [0, 0.1) is 6.92 Å². The van der Waals surface area contributed by atoms with Crippen LogP contribution in [0.15, 0.2) is 18.2 Å². The van der Waals surface area contributed by atoms with Crippen molar-refractivity contribution in [2.24, 2.45) is 5.73 Å². The van der Waals surface area contributed by atoms with Crippen LogP contribution in [0.2, 0.25) is 0 Å². The molecule has 3 N–H and O–H groups in total. The first kappa shape index (κ1) is 13.9. The van der Waals surface area contributed by atoms with Gasteiger partial charge < -0.3 is 16.0 Å². The minimum atomic E-state index is -0.262. The van der Waals surface area contributed by atoms with Gasteiger partial charge in [-0.25, -0.2) is 0 Å². The van der Waals surface area contributed by atoms with Crippen molar-refractivity contribution in [2.45, 2.75) is 38.1 Å². The van der Waals surface area contributed by atoms with Gasteiger partial charge in [-0.1, -0.05) is 0 Å². The number of nitrogens with zero attached hydrogens (tertiary/aromatic N) is 1. The van der Waals surface area contributed by atoms with Gasteiger partial charge in [0.05, 0.1) is 0 Å². The van der Waals surface area contributed by atoms with Gasteiger partial charge in [-0.05, 0) is 49.9 Å². The average molecular weight is 261 g/mol. The SMILES string of the molecule is Cc1cc(N(C)C)ccc1NC(=O)CC1(N)CCC1. The van der Waals surface area contributed by atoms with Crippen LogP contribution in [0.3, 0.4) is 0 Å². The van der Waals surface area contributed by atoms with Gasteiger partial charge in [0.2, 0.25) is 5.91 Å². The molecule has 1 fully saturated rings. The number of rotatable bonds is 4. The van der Waals surface area contributed by atoms with Crippen molar-refractivity contribution in [3.63, 3.8) is 0 Å². The number of anilines is 2. The number of nitrogens with two attached hydrogens (primary N) is 1. The first-order valence-electron chi connectivity index (χ1n) is 6.76. The number of aryl methyl sites for hydroxylation is 1. The highest BCUT2D eigenvalue weighted by Crippen LogP contribution is 2.32. The fourth-order valence-electron chi connectivity index (χ4n) is 2.39. The summed E-state index contributed by atoms with van der Waals surface area (Å²) in [6.07, 6.45) is 3.47. The van der Waals surface area contributed by atoms with Gasteiger partial charge in [0, 0.05) is 37.4 Å². The molecule has 1 aromatic rings. The van der Waals surface area contributed by atoms with Crippen LogP contribution in [0.5, 0.6) is 0 Å². The molecular formula is C15H23N3O. The van der Waals surface area contributed by atoms with Gasteiger partial charge in [0.25, 0.3) is 0 Å². The van der Waals surface area contributed by atoms with Gasteiger partial charge in [0.15, 0.2) is 0 Å². The fourth-order valence-corrected chi connectivity index (χ4v) is 2.39. The molecule has 1 amide bonds.